The number of nitrogens with one attached hydrogen (secondary N) is 1. The van der Waals surface area contributed by atoms with E-state index in [4.69, 9.17) is 0 Å². The molecule has 13 heavy (non-hydrogen) atoms. The first-order chi connectivity index (χ1) is 6.11. The minimum absolute atomic E-state index is 0.0302. The molecule has 0 spiro atoms. The summed E-state index contributed by atoms with van der Waals surface area (Å²) < 4.78 is 0. The maximum absolute atomic E-state index is 11.2. The van der Waals surface area contributed by atoms with Crippen LogP contribution in [0.4, 0.5) is 0 Å². The van der Waals surface area contributed by atoms with Gasteiger partial charge in [-0.05, 0) is 6.92 Å². The fourth-order valence-electron chi connectivity index (χ4n) is 0.803. The van der Waals surface area contributed by atoms with Gasteiger partial charge in [0.2, 0.25) is 6.41 Å². The van der Waals surface area contributed by atoms with Crippen molar-refractivity contribution in [2.24, 2.45) is 0 Å². The van der Waals surface area contributed by atoms with Gasteiger partial charge in [-0.2, -0.15) is 12.6 Å². The van der Waals surface area contributed by atoms with Crippen molar-refractivity contribution < 1.29 is 14.4 Å². The van der Waals surface area contributed by atoms with Crippen molar-refractivity contribution >= 4 is 30.6 Å². The van der Waals surface area contributed by atoms with Crippen LogP contribution in [0.15, 0.2) is 0 Å². The van der Waals surface area contributed by atoms with E-state index in [1.165, 1.54) is 6.92 Å². The number of rotatable bonds is 7. The standard InChI is InChI=1S/C8H13NO3S/c1-6(11)2-3-8(12)7(4-13)9-5-10/h5,7,13H,2-4H2,1H3,(H,9,10). The van der Waals surface area contributed by atoms with E-state index in [0.29, 0.717) is 6.41 Å². The number of hydrogen-bond acceptors (Lipinski definition) is 4. The Balaban J connectivity index is 3.90. The predicted molar refractivity (Wildman–Crippen MR) is 51.8 cm³/mol. The van der Waals surface area contributed by atoms with Crippen molar-refractivity contribution in [2.45, 2.75) is 25.8 Å². The van der Waals surface area contributed by atoms with Crippen LogP contribution in [0.3, 0.4) is 0 Å². The molecule has 1 atom stereocenters. The Morgan fingerprint density at radius 2 is 2.08 bits per heavy atom. The summed E-state index contributed by atoms with van der Waals surface area (Å²) in [4.78, 5) is 31.9. The highest BCUT2D eigenvalue weighted by molar-refractivity contribution is 7.80. The van der Waals surface area contributed by atoms with Crippen LogP contribution in [0.1, 0.15) is 19.8 Å². The fraction of sp³-hybridized carbons (Fsp3) is 0.625. The van der Waals surface area contributed by atoms with Gasteiger partial charge in [-0.3, -0.25) is 9.59 Å². The molecule has 4 nitrogen and oxygen atoms in total. The summed E-state index contributed by atoms with van der Waals surface area (Å²) in [5.41, 5.74) is 0. The number of amides is 1. The first-order valence-electron chi connectivity index (χ1n) is 3.94. The lowest BCUT2D eigenvalue weighted by atomic mass is 10.1. The van der Waals surface area contributed by atoms with Gasteiger partial charge in [0.25, 0.3) is 0 Å². The summed E-state index contributed by atoms with van der Waals surface area (Å²) in [6.07, 6.45) is 0.859. The molecular weight excluding hydrogens is 190 g/mol. The van der Waals surface area contributed by atoms with E-state index in [1.807, 2.05) is 0 Å². The van der Waals surface area contributed by atoms with Crippen LogP contribution >= 0.6 is 12.6 Å². The summed E-state index contributed by atoms with van der Waals surface area (Å²) >= 11 is 3.91. The highest BCUT2D eigenvalue weighted by atomic mass is 32.1. The number of thiol groups is 1. The molecule has 0 aliphatic rings. The first kappa shape index (κ1) is 12.2. The summed E-state index contributed by atoms with van der Waals surface area (Å²) in [7, 11) is 0. The van der Waals surface area contributed by atoms with Crippen LogP contribution in [0.25, 0.3) is 0 Å². The molecule has 1 amide bonds. The molecule has 0 rings (SSSR count). The monoisotopic (exact) mass is 203 g/mol. The number of carbonyl (C=O) groups excluding carboxylic acids is 3. The van der Waals surface area contributed by atoms with Gasteiger partial charge in [0, 0.05) is 18.6 Å². The van der Waals surface area contributed by atoms with Crippen LogP contribution in [-0.4, -0.2) is 29.8 Å². The Kier molecular flexibility index (Phi) is 6.22. The van der Waals surface area contributed by atoms with E-state index in [1.54, 1.807) is 0 Å². The van der Waals surface area contributed by atoms with Crippen LogP contribution in [-0.2, 0) is 14.4 Å². The maximum atomic E-state index is 11.2. The molecule has 5 heteroatoms. The second-order valence-electron chi connectivity index (χ2n) is 2.69. The Morgan fingerprint density at radius 1 is 1.46 bits per heavy atom. The van der Waals surface area contributed by atoms with Crippen molar-refractivity contribution in [1.29, 1.82) is 0 Å². The van der Waals surface area contributed by atoms with Crippen molar-refractivity contribution in [3.63, 3.8) is 0 Å². The van der Waals surface area contributed by atoms with Crippen molar-refractivity contribution in [3.05, 3.63) is 0 Å². The molecule has 0 heterocycles. The van der Waals surface area contributed by atoms with Gasteiger partial charge < -0.3 is 10.1 Å². The van der Waals surface area contributed by atoms with Gasteiger partial charge in [-0.1, -0.05) is 0 Å². The minimum atomic E-state index is -0.569. The maximum Gasteiger partial charge on any atom is 0.207 e. The second-order valence-corrected chi connectivity index (χ2v) is 3.05. The van der Waals surface area contributed by atoms with E-state index in [2.05, 4.69) is 17.9 Å². The smallest absolute Gasteiger partial charge is 0.207 e. The molecular formula is C8H13NO3S. The number of ketones is 2. The highest BCUT2D eigenvalue weighted by Gasteiger charge is 2.15. The third-order valence-electron chi connectivity index (χ3n) is 1.56. The van der Waals surface area contributed by atoms with Crippen LogP contribution < -0.4 is 5.32 Å². The number of hydrogen-bond donors (Lipinski definition) is 2. The highest BCUT2D eigenvalue weighted by Crippen LogP contribution is 1.98. The van der Waals surface area contributed by atoms with Crippen LogP contribution in [0.5, 0.6) is 0 Å². The number of Topliss-reactive ketones (excluding diaryl/α,β-unsaturated/α-hetero) is 2. The fourth-order valence-corrected chi connectivity index (χ4v) is 1.11. The molecule has 0 aromatic carbocycles. The predicted octanol–water partition coefficient (Wildman–Crippen LogP) is -0.0309. The summed E-state index contributed by atoms with van der Waals surface area (Å²) in [6, 6.07) is -0.569. The van der Waals surface area contributed by atoms with E-state index < -0.39 is 6.04 Å². The molecule has 0 aliphatic heterocycles. The number of carbonyl (C=O) groups is 3. The molecule has 0 saturated carbocycles. The van der Waals surface area contributed by atoms with Crippen molar-refractivity contribution in [1.82, 2.24) is 5.32 Å². The first-order valence-corrected chi connectivity index (χ1v) is 4.57. The average molecular weight is 203 g/mol. The topological polar surface area (TPSA) is 63.2 Å². The van der Waals surface area contributed by atoms with Crippen LogP contribution in [0.2, 0.25) is 0 Å². The van der Waals surface area contributed by atoms with Gasteiger partial charge in [0.15, 0.2) is 5.78 Å². The van der Waals surface area contributed by atoms with Gasteiger partial charge in [-0.25, -0.2) is 0 Å². The lowest BCUT2D eigenvalue weighted by Gasteiger charge is -2.10. The Labute approximate surface area is 82.5 Å². The Bertz CT molecular complexity index is 206. The average Bonchev–Trinajstić information content (AvgIpc) is 2.10. The lowest BCUT2D eigenvalue weighted by molar-refractivity contribution is -0.125. The molecule has 0 aromatic rings. The molecule has 0 radical (unpaired) electrons. The summed E-state index contributed by atoms with van der Waals surface area (Å²) in [5, 5.41) is 2.34. The van der Waals surface area contributed by atoms with Crippen molar-refractivity contribution in [2.75, 3.05) is 5.75 Å². The van der Waals surface area contributed by atoms with E-state index in [0.717, 1.165) is 0 Å². The van der Waals surface area contributed by atoms with Gasteiger partial charge in [0.05, 0.1) is 6.04 Å². The SMILES string of the molecule is CC(=O)CCC(=O)C(CS)NC=O. The normalized spacial score (nSPS) is 11.8. The molecule has 0 fully saturated rings. The summed E-state index contributed by atoms with van der Waals surface area (Å²) in [5.74, 6) is 0.0739. The minimum Gasteiger partial charge on any atom is -0.348 e. The zero-order valence-corrected chi connectivity index (χ0v) is 8.34. The van der Waals surface area contributed by atoms with E-state index in [-0.39, 0.29) is 30.2 Å². The van der Waals surface area contributed by atoms with Gasteiger partial charge >= 0.3 is 0 Å². The largest absolute Gasteiger partial charge is 0.348 e. The molecule has 0 bridgehead atoms. The zero-order valence-electron chi connectivity index (χ0n) is 7.45. The molecule has 74 valence electrons. The van der Waals surface area contributed by atoms with E-state index >= 15 is 0 Å². The lowest BCUT2D eigenvalue weighted by Crippen LogP contribution is -2.37. The third kappa shape index (κ3) is 5.41. The quantitative estimate of drug-likeness (QED) is 0.451. The van der Waals surface area contributed by atoms with Gasteiger partial charge in [-0.15, -0.1) is 0 Å². The molecule has 0 aliphatic carbocycles. The van der Waals surface area contributed by atoms with Crippen molar-refractivity contribution in [3.8, 4) is 0 Å². The van der Waals surface area contributed by atoms with E-state index in [9.17, 15) is 14.4 Å². The Morgan fingerprint density at radius 3 is 2.46 bits per heavy atom. The summed E-state index contributed by atoms with van der Waals surface area (Å²) in [6.45, 7) is 1.43. The zero-order chi connectivity index (χ0) is 10.3. The molecule has 0 saturated heterocycles. The Hall–Kier alpha value is -0.840. The molecule has 1 unspecified atom stereocenters. The molecule has 1 N–H and O–H groups in total. The third-order valence-corrected chi connectivity index (χ3v) is 1.93. The van der Waals surface area contributed by atoms with Crippen LogP contribution in [0, 0.1) is 0 Å². The second kappa shape index (κ2) is 6.65. The van der Waals surface area contributed by atoms with Gasteiger partial charge in [0.1, 0.15) is 5.78 Å². The molecule has 0 aromatic heterocycles.